The smallest absolute Gasteiger partial charge is 0.300 e. The highest BCUT2D eigenvalue weighted by atomic mass is 16.5. The zero-order chi connectivity index (χ0) is 23.1. The number of hydrogen-bond donors (Lipinski definition) is 1. The quantitative estimate of drug-likeness (QED) is 0.262. The fraction of sp³-hybridized carbons (Fsp3) is 0.111. The lowest BCUT2D eigenvalue weighted by Gasteiger charge is -2.23. The average Bonchev–Trinajstić information content (AvgIpc) is 3.38. The van der Waals surface area contributed by atoms with Gasteiger partial charge in [0.15, 0.2) is 0 Å². The minimum absolute atomic E-state index is 0.0209. The number of ketones is 1. The van der Waals surface area contributed by atoms with Gasteiger partial charge in [-0.25, -0.2) is 0 Å². The summed E-state index contributed by atoms with van der Waals surface area (Å²) >= 11 is 0. The van der Waals surface area contributed by atoms with Crippen LogP contribution in [-0.4, -0.2) is 23.9 Å². The third-order valence-corrected chi connectivity index (χ3v) is 5.83. The van der Waals surface area contributed by atoms with E-state index in [9.17, 15) is 14.7 Å². The molecule has 0 bridgehead atoms. The lowest BCUT2D eigenvalue weighted by molar-refractivity contribution is -0.132. The number of aliphatic hydroxyl groups is 1. The molecule has 1 aliphatic rings. The van der Waals surface area contributed by atoms with Gasteiger partial charge in [-0.05, 0) is 48.0 Å². The van der Waals surface area contributed by atoms with Gasteiger partial charge in [0.2, 0.25) is 0 Å². The van der Waals surface area contributed by atoms with Crippen LogP contribution in [0.3, 0.4) is 0 Å². The summed E-state index contributed by atoms with van der Waals surface area (Å²) < 4.78 is 11.1. The van der Waals surface area contributed by atoms with E-state index >= 15 is 0 Å². The molecule has 6 nitrogen and oxygen atoms in total. The molecule has 6 heteroatoms. The molecule has 33 heavy (non-hydrogen) atoms. The van der Waals surface area contributed by atoms with E-state index in [1.165, 1.54) is 12.0 Å². The standard InChI is InChI=1S/C27H21NO5/c1-16-10-13-22(33-16)24-23(25(29)19-12-11-17-6-3-4-7-18(17)14-19)26(30)27(31)28(24)20-8-5-9-21(15-20)32-2/h3-15,24,29H,1-2H3/b25-23-. The Morgan fingerprint density at radius 3 is 2.45 bits per heavy atom. The number of carbonyl (C=O) groups is 2. The highest BCUT2D eigenvalue weighted by Gasteiger charge is 2.48. The number of anilines is 1. The maximum atomic E-state index is 13.2. The van der Waals surface area contributed by atoms with Crippen LogP contribution < -0.4 is 9.64 Å². The summed E-state index contributed by atoms with van der Waals surface area (Å²) in [6.45, 7) is 1.78. The van der Waals surface area contributed by atoms with Crippen molar-refractivity contribution in [2.45, 2.75) is 13.0 Å². The molecule has 1 saturated heterocycles. The Morgan fingerprint density at radius 1 is 0.939 bits per heavy atom. The first kappa shape index (κ1) is 20.6. The number of rotatable bonds is 4. The third-order valence-electron chi connectivity index (χ3n) is 5.83. The van der Waals surface area contributed by atoms with E-state index < -0.39 is 17.7 Å². The second-order valence-electron chi connectivity index (χ2n) is 7.88. The van der Waals surface area contributed by atoms with Crippen molar-refractivity contribution >= 4 is 33.9 Å². The third kappa shape index (κ3) is 3.46. The Kier molecular flexibility index (Phi) is 4.98. The van der Waals surface area contributed by atoms with E-state index in [1.54, 1.807) is 55.5 Å². The van der Waals surface area contributed by atoms with Crippen molar-refractivity contribution in [2.24, 2.45) is 0 Å². The van der Waals surface area contributed by atoms with Crippen LogP contribution in [0.4, 0.5) is 5.69 Å². The minimum atomic E-state index is -0.919. The monoisotopic (exact) mass is 439 g/mol. The molecule has 1 unspecified atom stereocenters. The topological polar surface area (TPSA) is 80.0 Å². The predicted molar refractivity (Wildman–Crippen MR) is 125 cm³/mol. The number of amides is 1. The average molecular weight is 439 g/mol. The number of furan rings is 1. The molecule has 0 radical (unpaired) electrons. The van der Waals surface area contributed by atoms with Gasteiger partial charge in [-0.2, -0.15) is 0 Å². The van der Waals surface area contributed by atoms with Gasteiger partial charge in [-0.3, -0.25) is 14.5 Å². The van der Waals surface area contributed by atoms with Gasteiger partial charge in [0.25, 0.3) is 11.7 Å². The molecule has 1 amide bonds. The molecule has 1 N–H and O–H groups in total. The van der Waals surface area contributed by atoms with Crippen molar-refractivity contribution in [3.05, 3.63) is 102 Å². The van der Waals surface area contributed by atoms with Gasteiger partial charge in [0.1, 0.15) is 29.1 Å². The highest BCUT2D eigenvalue weighted by Crippen LogP contribution is 2.43. The number of methoxy groups -OCH3 is 1. The summed E-state index contributed by atoms with van der Waals surface area (Å²) in [5, 5.41) is 13.2. The second-order valence-corrected chi connectivity index (χ2v) is 7.88. The molecule has 1 atom stereocenters. The molecule has 1 aliphatic heterocycles. The summed E-state index contributed by atoms with van der Waals surface area (Å²) in [4.78, 5) is 27.8. The van der Waals surface area contributed by atoms with E-state index in [1.807, 2.05) is 30.3 Å². The SMILES string of the molecule is COc1cccc(N2C(=O)C(=O)/C(=C(\O)c3ccc4ccccc4c3)C2c2ccc(C)o2)c1. The van der Waals surface area contributed by atoms with Crippen molar-refractivity contribution in [1.82, 2.24) is 0 Å². The molecule has 2 heterocycles. The zero-order valence-corrected chi connectivity index (χ0v) is 18.1. The summed E-state index contributed by atoms with van der Waals surface area (Å²) in [6, 6.07) is 22.6. The number of Topliss-reactive ketones (excluding diaryl/α,β-unsaturated/α-hetero) is 1. The van der Waals surface area contributed by atoms with Crippen LogP contribution in [0.5, 0.6) is 5.75 Å². The Hall–Kier alpha value is -4.32. The number of aryl methyl sites for hydroxylation is 1. The molecule has 5 rings (SSSR count). The number of fused-ring (bicyclic) bond motifs is 1. The molecule has 1 fully saturated rings. The number of aliphatic hydroxyl groups excluding tert-OH is 1. The molecular formula is C27H21NO5. The number of hydrogen-bond acceptors (Lipinski definition) is 5. The van der Waals surface area contributed by atoms with Crippen LogP contribution >= 0.6 is 0 Å². The molecule has 3 aromatic carbocycles. The first-order valence-corrected chi connectivity index (χ1v) is 10.5. The van der Waals surface area contributed by atoms with E-state index in [0.717, 1.165) is 10.8 Å². The Balaban J connectivity index is 1.72. The van der Waals surface area contributed by atoms with Crippen LogP contribution in [-0.2, 0) is 9.59 Å². The van der Waals surface area contributed by atoms with Crippen molar-refractivity contribution in [3.8, 4) is 5.75 Å². The highest BCUT2D eigenvalue weighted by molar-refractivity contribution is 6.51. The second kappa shape index (κ2) is 7.98. The van der Waals surface area contributed by atoms with Crippen LogP contribution in [0.1, 0.15) is 23.1 Å². The lowest BCUT2D eigenvalue weighted by atomic mass is 9.97. The maximum Gasteiger partial charge on any atom is 0.300 e. The van der Waals surface area contributed by atoms with Crippen molar-refractivity contribution < 1.29 is 23.8 Å². The van der Waals surface area contributed by atoms with Crippen LogP contribution in [0, 0.1) is 6.92 Å². The molecular weight excluding hydrogens is 418 g/mol. The van der Waals surface area contributed by atoms with Gasteiger partial charge in [-0.15, -0.1) is 0 Å². The van der Waals surface area contributed by atoms with E-state index in [2.05, 4.69) is 0 Å². The Bertz CT molecular complexity index is 1430. The van der Waals surface area contributed by atoms with Gasteiger partial charge in [0, 0.05) is 17.3 Å². The number of carbonyl (C=O) groups excluding carboxylic acids is 2. The van der Waals surface area contributed by atoms with E-state index in [4.69, 9.17) is 9.15 Å². The lowest BCUT2D eigenvalue weighted by Crippen LogP contribution is -2.29. The van der Waals surface area contributed by atoms with Crippen molar-refractivity contribution in [1.29, 1.82) is 0 Å². The first-order valence-electron chi connectivity index (χ1n) is 10.5. The van der Waals surface area contributed by atoms with Crippen LogP contribution in [0.25, 0.3) is 16.5 Å². The largest absolute Gasteiger partial charge is 0.507 e. The normalized spacial score (nSPS) is 17.6. The number of nitrogens with zero attached hydrogens (tertiary/aromatic N) is 1. The van der Waals surface area contributed by atoms with Crippen LogP contribution in [0.15, 0.2) is 88.9 Å². The van der Waals surface area contributed by atoms with Gasteiger partial charge >= 0.3 is 0 Å². The van der Waals surface area contributed by atoms with Crippen molar-refractivity contribution in [2.75, 3.05) is 12.0 Å². The van der Waals surface area contributed by atoms with E-state index in [-0.39, 0.29) is 11.3 Å². The first-order chi connectivity index (χ1) is 16.0. The Morgan fingerprint density at radius 2 is 1.73 bits per heavy atom. The maximum absolute atomic E-state index is 13.2. The molecule has 0 aliphatic carbocycles. The minimum Gasteiger partial charge on any atom is -0.507 e. The van der Waals surface area contributed by atoms with E-state index in [0.29, 0.717) is 28.5 Å². The Labute approximate surface area is 190 Å². The molecule has 4 aromatic rings. The van der Waals surface area contributed by atoms with Gasteiger partial charge < -0.3 is 14.3 Å². The fourth-order valence-electron chi connectivity index (χ4n) is 4.22. The summed E-state index contributed by atoms with van der Waals surface area (Å²) in [5.41, 5.74) is 0.895. The summed E-state index contributed by atoms with van der Waals surface area (Å²) in [5.74, 6) is -0.210. The van der Waals surface area contributed by atoms with Gasteiger partial charge in [0.05, 0.1) is 12.7 Å². The summed E-state index contributed by atoms with van der Waals surface area (Å²) in [6.07, 6.45) is 0. The van der Waals surface area contributed by atoms with Crippen LogP contribution in [0.2, 0.25) is 0 Å². The number of benzene rings is 3. The fourth-order valence-corrected chi connectivity index (χ4v) is 4.22. The van der Waals surface area contributed by atoms with Gasteiger partial charge in [-0.1, -0.05) is 42.5 Å². The molecule has 0 spiro atoms. The van der Waals surface area contributed by atoms with Crippen molar-refractivity contribution in [3.63, 3.8) is 0 Å². The molecule has 1 aromatic heterocycles. The molecule has 0 saturated carbocycles. The molecule has 164 valence electrons. The number of ether oxygens (including phenoxy) is 1. The zero-order valence-electron chi connectivity index (χ0n) is 18.1. The predicted octanol–water partition coefficient (Wildman–Crippen LogP) is 5.38. The summed E-state index contributed by atoms with van der Waals surface area (Å²) in [7, 11) is 1.53.